The summed E-state index contributed by atoms with van der Waals surface area (Å²) < 4.78 is 20.2. The molecule has 4 aromatic rings. The summed E-state index contributed by atoms with van der Waals surface area (Å²) in [5.74, 6) is 0.147. The highest BCUT2D eigenvalue weighted by atomic mass is 19.1. The van der Waals surface area contributed by atoms with Crippen molar-refractivity contribution in [2.45, 2.75) is 13.0 Å². The second-order valence-electron chi connectivity index (χ2n) is 6.09. The molecule has 0 aliphatic heterocycles. The normalized spacial score (nSPS) is 11.3. The van der Waals surface area contributed by atoms with Gasteiger partial charge >= 0.3 is 0 Å². The summed E-state index contributed by atoms with van der Waals surface area (Å²) in [5, 5.41) is 22.8. The number of hydrogen-bond acceptors (Lipinski definition) is 4. The lowest BCUT2D eigenvalue weighted by Gasteiger charge is -2.08. The smallest absolute Gasteiger partial charge is 0.203 e. The topological polar surface area (TPSA) is 67.5 Å². The number of halogens is 1. The minimum Gasteiger partial charge on any atom is -0.505 e. The monoisotopic (exact) mass is 352 g/mol. The van der Waals surface area contributed by atoms with Gasteiger partial charge in [0.05, 0.1) is 12.5 Å². The number of phenolic OH excluding ortho intramolecular Hbond substituents is 1. The Morgan fingerprint density at radius 2 is 1.88 bits per heavy atom. The summed E-state index contributed by atoms with van der Waals surface area (Å²) >= 11 is 0. The van der Waals surface area contributed by atoms with E-state index >= 15 is 0 Å². The zero-order valence-corrected chi connectivity index (χ0v) is 14.1. The number of hydrogen-bond donors (Lipinski definition) is 2. The van der Waals surface area contributed by atoms with Crippen LogP contribution in [0.3, 0.4) is 0 Å². The van der Waals surface area contributed by atoms with Crippen LogP contribution in [0.1, 0.15) is 5.56 Å². The van der Waals surface area contributed by atoms with Crippen LogP contribution in [-0.4, -0.2) is 26.9 Å². The Bertz CT molecular complexity index is 1100. The third-order valence-corrected chi connectivity index (χ3v) is 4.57. The van der Waals surface area contributed by atoms with Gasteiger partial charge in [0.25, 0.3) is 0 Å². The zero-order valence-electron chi connectivity index (χ0n) is 14.1. The van der Waals surface area contributed by atoms with Crippen LogP contribution < -0.4 is 4.74 Å². The van der Waals surface area contributed by atoms with Crippen molar-refractivity contribution in [3.63, 3.8) is 0 Å². The number of fused-ring (bicyclic) bond motifs is 2. The summed E-state index contributed by atoms with van der Waals surface area (Å²) in [6, 6.07) is 9.83. The number of nitrogens with zero attached hydrogens (tertiary/aromatic N) is 2. The molecule has 0 saturated heterocycles. The molecule has 0 unspecified atom stereocenters. The highest BCUT2D eigenvalue weighted by molar-refractivity contribution is 6.11. The van der Waals surface area contributed by atoms with Gasteiger partial charge < -0.3 is 19.5 Å². The molecule has 26 heavy (non-hydrogen) atoms. The van der Waals surface area contributed by atoms with Crippen molar-refractivity contribution in [2.24, 2.45) is 0 Å². The minimum absolute atomic E-state index is 0.0505. The van der Waals surface area contributed by atoms with E-state index in [9.17, 15) is 14.6 Å². The van der Waals surface area contributed by atoms with Gasteiger partial charge in [0, 0.05) is 29.7 Å². The first-order chi connectivity index (χ1) is 12.6. The summed E-state index contributed by atoms with van der Waals surface area (Å²) in [6.07, 6.45) is 3.94. The molecule has 5 nitrogen and oxygen atoms in total. The van der Waals surface area contributed by atoms with Gasteiger partial charge in [-0.2, -0.15) is 0 Å². The minimum atomic E-state index is -0.280. The fraction of sp³-hybridized carbons (Fsp3) is 0.150. The Morgan fingerprint density at radius 3 is 2.62 bits per heavy atom. The first-order valence-electron chi connectivity index (χ1n) is 8.20. The Kier molecular flexibility index (Phi) is 3.88. The number of phenols is 1. The molecule has 0 spiro atoms. The number of aromatic nitrogens is 2. The molecule has 0 atom stereocenters. The second-order valence-corrected chi connectivity index (χ2v) is 6.09. The number of benzene rings is 2. The van der Waals surface area contributed by atoms with Gasteiger partial charge in [-0.05, 0) is 36.2 Å². The fourth-order valence-electron chi connectivity index (χ4n) is 3.28. The molecule has 2 aromatic carbocycles. The summed E-state index contributed by atoms with van der Waals surface area (Å²) in [4.78, 5) is 4.21. The molecule has 0 aliphatic carbocycles. The molecule has 4 rings (SSSR count). The molecule has 2 aromatic heterocycles. The molecule has 0 amide bonds. The molecule has 132 valence electrons. The van der Waals surface area contributed by atoms with E-state index in [1.165, 1.54) is 12.1 Å². The van der Waals surface area contributed by atoms with Crippen LogP contribution in [0.2, 0.25) is 0 Å². The van der Waals surface area contributed by atoms with E-state index in [-0.39, 0.29) is 17.4 Å². The lowest BCUT2D eigenvalue weighted by molar-refractivity contribution is 0.418. The predicted molar refractivity (Wildman–Crippen MR) is 97.2 cm³/mol. The lowest BCUT2D eigenvalue weighted by atomic mass is 10.1. The molecule has 0 saturated carbocycles. The van der Waals surface area contributed by atoms with Crippen molar-refractivity contribution >= 4 is 21.7 Å². The Morgan fingerprint density at radius 1 is 1.12 bits per heavy atom. The van der Waals surface area contributed by atoms with Crippen LogP contribution in [0.4, 0.5) is 4.39 Å². The summed E-state index contributed by atoms with van der Waals surface area (Å²) in [6.45, 7) is 0.471. The van der Waals surface area contributed by atoms with E-state index in [4.69, 9.17) is 4.74 Å². The number of ether oxygens (including phenoxy) is 1. The van der Waals surface area contributed by atoms with Crippen molar-refractivity contribution in [1.29, 1.82) is 0 Å². The molecule has 2 N–H and O–H groups in total. The maximum absolute atomic E-state index is 13.0. The SMILES string of the molecule is COc1c2cccnc2c(O)c2c(O)n(CCc3ccc(F)cc3)cc12. The number of methoxy groups -OCH3 is 1. The highest BCUT2D eigenvalue weighted by Crippen LogP contribution is 2.45. The average Bonchev–Trinajstić information content (AvgIpc) is 2.98. The van der Waals surface area contributed by atoms with Gasteiger partial charge in [-0.25, -0.2) is 4.39 Å². The molecular formula is C20H17FN2O3. The van der Waals surface area contributed by atoms with E-state index in [1.807, 2.05) is 6.07 Å². The summed E-state index contributed by atoms with van der Waals surface area (Å²) in [7, 11) is 1.55. The number of rotatable bonds is 4. The van der Waals surface area contributed by atoms with Crippen LogP contribution in [0.25, 0.3) is 21.7 Å². The molecule has 0 aliphatic rings. The van der Waals surface area contributed by atoms with E-state index in [0.717, 1.165) is 5.56 Å². The first-order valence-corrected chi connectivity index (χ1v) is 8.20. The standard InChI is InChI=1S/C20H17FN2O3/c1-26-19-14-3-2-9-22-17(14)18(24)16-15(19)11-23(20(16)25)10-8-12-4-6-13(21)7-5-12/h2-7,9,11,24-25H,8,10H2,1H3. The zero-order chi connectivity index (χ0) is 18.3. The van der Waals surface area contributed by atoms with E-state index in [0.29, 0.717) is 40.4 Å². The van der Waals surface area contributed by atoms with Gasteiger partial charge in [-0.15, -0.1) is 0 Å². The van der Waals surface area contributed by atoms with Crippen LogP contribution in [0.15, 0.2) is 48.8 Å². The number of aryl methyl sites for hydroxylation is 2. The van der Waals surface area contributed by atoms with Crippen molar-refractivity contribution in [3.05, 3.63) is 60.2 Å². The number of aromatic hydroxyl groups is 2. The van der Waals surface area contributed by atoms with E-state index in [1.54, 1.807) is 42.3 Å². The number of pyridine rings is 1. The maximum atomic E-state index is 13.0. The maximum Gasteiger partial charge on any atom is 0.203 e. The van der Waals surface area contributed by atoms with Gasteiger partial charge in [-0.1, -0.05) is 12.1 Å². The molecule has 0 radical (unpaired) electrons. The van der Waals surface area contributed by atoms with Gasteiger partial charge in [0.1, 0.15) is 17.1 Å². The van der Waals surface area contributed by atoms with Crippen molar-refractivity contribution in [1.82, 2.24) is 9.55 Å². The van der Waals surface area contributed by atoms with E-state index in [2.05, 4.69) is 4.98 Å². The van der Waals surface area contributed by atoms with Crippen molar-refractivity contribution in [2.75, 3.05) is 7.11 Å². The molecule has 0 fully saturated rings. The summed E-state index contributed by atoms with van der Waals surface area (Å²) in [5.41, 5.74) is 1.33. The van der Waals surface area contributed by atoms with Crippen LogP contribution in [0.5, 0.6) is 17.4 Å². The molecule has 0 bridgehead atoms. The molecule has 2 heterocycles. The van der Waals surface area contributed by atoms with Crippen molar-refractivity contribution < 1.29 is 19.3 Å². The predicted octanol–water partition coefficient (Wildman–Crippen LogP) is 3.99. The highest BCUT2D eigenvalue weighted by Gasteiger charge is 2.21. The Hall–Kier alpha value is -3.28. The first kappa shape index (κ1) is 16.2. The average molecular weight is 352 g/mol. The van der Waals surface area contributed by atoms with Crippen LogP contribution in [-0.2, 0) is 13.0 Å². The Labute approximate surface area is 148 Å². The van der Waals surface area contributed by atoms with Gasteiger partial charge in [0.2, 0.25) is 5.88 Å². The lowest BCUT2D eigenvalue weighted by Crippen LogP contribution is -1.99. The largest absolute Gasteiger partial charge is 0.505 e. The molecule has 6 heteroatoms. The fourth-order valence-corrected chi connectivity index (χ4v) is 3.28. The Balaban J connectivity index is 1.82. The van der Waals surface area contributed by atoms with E-state index < -0.39 is 0 Å². The van der Waals surface area contributed by atoms with Crippen molar-refractivity contribution in [3.8, 4) is 17.4 Å². The van der Waals surface area contributed by atoms with Crippen LogP contribution >= 0.6 is 0 Å². The third-order valence-electron chi connectivity index (χ3n) is 4.57. The van der Waals surface area contributed by atoms with Gasteiger partial charge in [-0.3, -0.25) is 4.98 Å². The molecular weight excluding hydrogens is 335 g/mol. The van der Waals surface area contributed by atoms with Gasteiger partial charge in [0.15, 0.2) is 5.75 Å². The van der Waals surface area contributed by atoms with Crippen LogP contribution in [0, 0.1) is 5.82 Å². The third kappa shape index (κ3) is 2.50. The quantitative estimate of drug-likeness (QED) is 0.583. The second kappa shape index (κ2) is 6.22.